The first-order valence-corrected chi connectivity index (χ1v) is 4.28. The summed E-state index contributed by atoms with van der Waals surface area (Å²) in [6.07, 6.45) is 0. The van der Waals surface area contributed by atoms with Gasteiger partial charge in [0.15, 0.2) is 6.04 Å². The predicted octanol–water partition coefficient (Wildman–Crippen LogP) is 0.579. The van der Waals surface area contributed by atoms with Gasteiger partial charge in [0.05, 0.1) is 6.61 Å². The van der Waals surface area contributed by atoms with Crippen molar-refractivity contribution in [1.29, 1.82) is 0 Å². The third kappa shape index (κ3) is 2.11. The van der Waals surface area contributed by atoms with Crippen molar-refractivity contribution in [3.05, 3.63) is 0 Å². The Kier molecular flexibility index (Phi) is 2.76. The van der Waals surface area contributed by atoms with Crippen molar-refractivity contribution in [2.24, 2.45) is 4.99 Å². The van der Waals surface area contributed by atoms with Crippen LogP contribution in [0.25, 0.3) is 0 Å². The lowest BCUT2D eigenvalue weighted by atomic mass is 10.4. The van der Waals surface area contributed by atoms with Crippen molar-refractivity contribution < 1.29 is 14.6 Å². The topological polar surface area (TPSA) is 58.9 Å². The van der Waals surface area contributed by atoms with E-state index < -0.39 is 12.0 Å². The van der Waals surface area contributed by atoms with Crippen LogP contribution in [0.3, 0.4) is 0 Å². The van der Waals surface area contributed by atoms with Crippen molar-refractivity contribution in [2.75, 3.05) is 12.4 Å². The summed E-state index contributed by atoms with van der Waals surface area (Å²) in [5.41, 5.74) is 0. The second-order valence-corrected chi connectivity index (χ2v) is 2.96. The summed E-state index contributed by atoms with van der Waals surface area (Å²) in [4.78, 5) is 14.2. The van der Waals surface area contributed by atoms with Gasteiger partial charge in [-0.25, -0.2) is 9.79 Å². The van der Waals surface area contributed by atoms with Gasteiger partial charge in [-0.3, -0.25) is 0 Å². The largest absolute Gasteiger partial charge is 0.480 e. The molecule has 1 heterocycles. The van der Waals surface area contributed by atoms with Crippen LogP contribution < -0.4 is 0 Å². The summed E-state index contributed by atoms with van der Waals surface area (Å²) in [5.74, 6) is -0.391. The Morgan fingerprint density at radius 2 is 2.73 bits per heavy atom. The Balaban J connectivity index is 2.47. The van der Waals surface area contributed by atoms with Gasteiger partial charge in [0.25, 0.3) is 0 Å². The van der Waals surface area contributed by atoms with Crippen LogP contribution in [-0.4, -0.2) is 34.7 Å². The van der Waals surface area contributed by atoms with E-state index in [-0.39, 0.29) is 0 Å². The normalized spacial score (nSPS) is 23.0. The number of nitrogens with zero attached hydrogens (tertiary/aromatic N) is 1. The number of thioether (sulfide) groups is 1. The molecular weight excluding hydrogens is 166 g/mol. The lowest BCUT2D eigenvalue weighted by molar-refractivity contribution is -0.137. The molecule has 0 aromatic rings. The quantitative estimate of drug-likeness (QED) is 0.667. The summed E-state index contributed by atoms with van der Waals surface area (Å²) >= 11 is 1.35. The summed E-state index contributed by atoms with van der Waals surface area (Å²) in [6.45, 7) is 2.38. The molecule has 0 aromatic heterocycles. The molecule has 0 fully saturated rings. The first kappa shape index (κ1) is 8.39. The van der Waals surface area contributed by atoms with Gasteiger partial charge in [-0.15, -0.1) is 0 Å². The molecule has 0 radical (unpaired) electrons. The number of rotatable bonds is 2. The molecule has 1 aliphatic rings. The molecule has 1 aliphatic heterocycles. The molecule has 5 heteroatoms. The zero-order valence-corrected chi connectivity index (χ0v) is 6.93. The summed E-state index contributed by atoms with van der Waals surface area (Å²) < 4.78 is 5.03. The average Bonchev–Trinajstić information content (AvgIpc) is 2.37. The van der Waals surface area contributed by atoms with Gasteiger partial charge >= 0.3 is 5.97 Å². The molecule has 1 N–H and O–H groups in total. The van der Waals surface area contributed by atoms with Crippen LogP contribution in [0.15, 0.2) is 4.99 Å². The van der Waals surface area contributed by atoms with Gasteiger partial charge in [-0.2, -0.15) is 0 Å². The third-order valence-electron chi connectivity index (χ3n) is 1.18. The van der Waals surface area contributed by atoms with E-state index in [1.165, 1.54) is 11.8 Å². The first-order valence-electron chi connectivity index (χ1n) is 3.30. The lowest BCUT2D eigenvalue weighted by Crippen LogP contribution is -2.17. The van der Waals surface area contributed by atoms with E-state index in [0.29, 0.717) is 17.6 Å². The zero-order chi connectivity index (χ0) is 8.27. The molecular formula is C6H9NO3S. The van der Waals surface area contributed by atoms with Crippen molar-refractivity contribution in [1.82, 2.24) is 0 Å². The summed E-state index contributed by atoms with van der Waals surface area (Å²) in [5, 5.41) is 9.02. The van der Waals surface area contributed by atoms with Crippen LogP contribution in [0.2, 0.25) is 0 Å². The fraction of sp³-hybridized carbons (Fsp3) is 0.667. The maximum absolute atomic E-state index is 10.4. The highest BCUT2D eigenvalue weighted by molar-refractivity contribution is 8.13. The highest BCUT2D eigenvalue weighted by Crippen LogP contribution is 2.18. The molecule has 62 valence electrons. The Hall–Kier alpha value is -0.710. The Labute approximate surface area is 68.6 Å². The minimum Gasteiger partial charge on any atom is -0.480 e. The van der Waals surface area contributed by atoms with Crippen LogP contribution in [0.4, 0.5) is 0 Å². The fourth-order valence-electron chi connectivity index (χ4n) is 0.681. The van der Waals surface area contributed by atoms with E-state index in [1.54, 1.807) is 0 Å². The smallest absolute Gasteiger partial charge is 0.329 e. The number of hydrogen-bond donors (Lipinski definition) is 1. The molecule has 11 heavy (non-hydrogen) atoms. The van der Waals surface area contributed by atoms with Gasteiger partial charge in [-0.05, 0) is 6.92 Å². The van der Waals surface area contributed by atoms with Crippen molar-refractivity contribution in [3.8, 4) is 0 Å². The third-order valence-corrected chi connectivity index (χ3v) is 2.13. The highest BCUT2D eigenvalue weighted by atomic mass is 32.2. The number of carboxylic acid groups (broad SMARTS) is 1. The van der Waals surface area contributed by atoms with Gasteiger partial charge in [0, 0.05) is 5.75 Å². The maximum Gasteiger partial charge on any atom is 0.329 e. The molecule has 4 nitrogen and oxygen atoms in total. The zero-order valence-electron chi connectivity index (χ0n) is 6.11. The number of carboxylic acids is 1. The molecule has 1 unspecified atom stereocenters. The first-order chi connectivity index (χ1) is 5.24. The molecule has 0 spiro atoms. The monoisotopic (exact) mass is 175 g/mol. The molecule has 1 atom stereocenters. The Morgan fingerprint density at radius 3 is 3.18 bits per heavy atom. The van der Waals surface area contributed by atoms with E-state index in [4.69, 9.17) is 9.84 Å². The maximum atomic E-state index is 10.4. The number of aliphatic imine (C=N–C) groups is 1. The second-order valence-electron chi connectivity index (χ2n) is 1.99. The summed E-state index contributed by atoms with van der Waals surface area (Å²) in [7, 11) is 0. The molecule has 1 rings (SSSR count). The van der Waals surface area contributed by atoms with Crippen LogP contribution in [0.5, 0.6) is 0 Å². The molecule has 0 amide bonds. The lowest BCUT2D eigenvalue weighted by Gasteiger charge is -1.96. The predicted molar refractivity (Wildman–Crippen MR) is 42.9 cm³/mol. The molecule has 0 aliphatic carbocycles. The van der Waals surface area contributed by atoms with Crippen LogP contribution in [-0.2, 0) is 9.53 Å². The average molecular weight is 175 g/mol. The highest BCUT2D eigenvalue weighted by Gasteiger charge is 2.24. The number of hydrogen-bond acceptors (Lipinski definition) is 4. The minimum atomic E-state index is -0.882. The molecule has 0 saturated carbocycles. The summed E-state index contributed by atoms with van der Waals surface area (Å²) in [6, 6.07) is -0.610. The van der Waals surface area contributed by atoms with E-state index in [0.717, 1.165) is 0 Å². The Bertz CT molecular complexity index is 192. The van der Waals surface area contributed by atoms with Gasteiger partial charge < -0.3 is 9.84 Å². The van der Waals surface area contributed by atoms with Crippen LogP contribution in [0.1, 0.15) is 6.92 Å². The standard InChI is InChI=1S/C6H9NO3S/c1-2-10-6-7-4(3-11-6)5(8)9/h4H,2-3H2,1H3,(H,8,9). The number of carbonyl (C=O) groups is 1. The molecule has 0 bridgehead atoms. The molecule has 0 saturated heterocycles. The minimum absolute atomic E-state index is 0.491. The van der Waals surface area contributed by atoms with Crippen molar-refractivity contribution >= 4 is 23.0 Å². The number of aliphatic carboxylic acids is 1. The second kappa shape index (κ2) is 3.61. The van der Waals surface area contributed by atoms with Crippen molar-refractivity contribution in [3.63, 3.8) is 0 Å². The van der Waals surface area contributed by atoms with Gasteiger partial charge in [0.1, 0.15) is 0 Å². The van der Waals surface area contributed by atoms with E-state index in [9.17, 15) is 4.79 Å². The number of ether oxygens (including phenoxy) is 1. The molecule has 0 aromatic carbocycles. The van der Waals surface area contributed by atoms with E-state index in [1.807, 2.05) is 6.92 Å². The van der Waals surface area contributed by atoms with Crippen LogP contribution in [0, 0.1) is 0 Å². The van der Waals surface area contributed by atoms with Gasteiger partial charge in [0.2, 0.25) is 5.23 Å². The SMILES string of the molecule is CCOC1=NC(C(=O)O)CS1. The van der Waals surface area contributed by atoms with Crippen LogP contribution >= 0.6 is 11.8 Å². The Morgan fingerprint density at radius 1 is 2.00 bits per heavy atom. The van der Waals surface area contributed by atoms with Gasteiger partial charge in [-0.1, -0.05) is 11.8 Å². The van der Waals surface area contributed by atoms with Crippen molar-refractivity contribution in [2.45, 2.75) is 13.0 Å². The van der Waals surface area contributed by atoms with E-state index >= 15 is 0 Å². The fourth-order valence-corrected chi connectivity index (χ4v) is 1.60. The van der Waals surface area contributed by atoms with E-state index in [2.05, 4.69) is 4.99 Å².